The highest BCUT2D eigenvalue weighted by Crippen LogP contribution is 2.35. The first-order valence-corrected chi connectivity index (χ1v) is 7.35. The summed E-state index contributed by atoms with van der Waals surface area (Å²) in [5, 5.41) is 14.4. The van der Waals surface area contributed by atoms with Crippen molar-refractivity contribution < 1.29 is 19.2 Å². The van der Waals surface area contributed by atoms with Crippen molar-refractivity contribution in [3.05, 3.63) is 46.3 Å². The normalized spacial score (nSPS) is 10.9. The van der Waals surface area contributed by atoms with Crippen LogP contribution in [-0.2, 0) is 4.74 Å². The van der Waals surface area contributed by atoms with E-state index in [1.54, 1.807) is 0 Å². The van der Waals surface area contributed by atoms with E-state index < -0.39 is 16.4 Å². The van der Waals surface area contributed by atoms with Crippen LogP contribution in [0.2, 0.25) is 0 Å². The highest BCUT2D eigenvalue weighted by Gasteiger charge is 2.27. The molecule has 9 nitrogen and oxygen atoms in total. The average molecular weight is 346 g/mol. The van der Waals surface area contributed by atoms with E-state index in [0.29, 0.717) is 5.56 Å². The number of esters is 1. The van der Waals surface area contributed by atoms with Crippen LogP contribution in [0.4, 0.5) is 11.5 Å². The van der Waals surface area contributed by atoms with Crippen molar-refractivity contribution in [1.82, 2.24) is 9.97 Å². The van der Waals surface area contributed by atoms with Crippen LogP contribution in [0.15, 0.2) is 30.6 Å². The molecule has 0 aliphatic carbocycles. The number of ether oxygens (including phenoxy) is 2. The fraction of sp³-hybridized carbons (Fsp3) is 0.312. The molecule has 1 N–H and O–H groups in total. The standard InChI is InChI=1S/C16H18N4O5/c1-16(2,3)19-13-12(20(22)23)14(18-9-17-13)25-11-7-5-10(6-8-11)15(21)24-4/h5-9H,1-4H3,(H,17,18,19). The number of nitro groups is 1. The fourth-order valence-electron chi connectivity index (χ4n) is 1.94. The Kier molecular flexibility index (Phi) is 5.16. The molecule has 0 atom stereocenters. The lowest BCUT2D eigenvalue weighted by Gasteiger charge is -2.21. The number of benzene rings is 1. The SMILES string of the molecule is COC(=O)c1ccc(Oc2ncnc(NC(C)(C)C)c2[N+](=O)[O-])cc1. The van der Waals surface area contributed by atoms with E-state index >= 15 is 0 Å². The van der Waals surface area contributed by atoms with Crippen molar-refractivity contribution in [1.29, 1.82) is 0 Å². The lowest BCUT2D eigenvalue weighted by atomic mass is 10.1. The molecule has 2 aromatic rings. The molecule has 9 heteroatoms. The highest BCUT2D eigenvalue weighted by atomic mass is 16.6. The summed E-state index contributed by atoms with van der Waals surface area (Å²) in [6.45, 7) is 5.56. The molecule has 1 aromatic carbocycles. The second-order valence-electron chi connectivity index (χ2n) is 6.13. The van der Waals surface area contributed by atoms with Gasteiger partial charge < -0.3 is 14.8 Å². The summed E-state index contributed by atoms with van der Waals surface area (Å²) in [7, 11) is 1.28. The first-order chi connectivity index (χ1) is 11.7. The van der Waals surface area contributed by atoms with Gasteiger partial charge in [-0.2, -0.15) is 4.98 Å². The number of aromatic nitrogens is 2. The molecule has 0 unspecified atom stereocenters. The maximum Gasteiger partial charge on any atom is 0.373 e. The number of carbonyl (C=O) groups is 1. The molecule has 2 rings (SSSR count). The van der Waals surface area contributed by atoms with Gasteiger partial charge in [0.05, 0.1) is 17.6 Å². The van der Waals surface area contributed by atoms with Gasteiger partial charge in [-0.15, -0.1) is 0 Å². The Morgan fingerprint density at radius 2 is 1.84 bits per heavy atom. The molecule has 1 aromatic heterocycles. The summed E-state index contributed by atoms with van der Waals surface area (Å²) in [5.41, 5.74) is -0.463. The van der Waals surface area contributed by atoms with Gasteiger partial charge in [0.1, 0.15) is 12.1 Å². The lowest BCUT2D eigenvalue weighted by molar-refractivity contribution is -0.385. The van der Waals surface area contributed by atoms with Gasteiger partial charge in [-0.05, 0) is 45.0 Å². The number of anilines is 1. The van der Waals surface area contributed by atoms with E-state index in [4.69, 9.17) is 4.74 Å². The summed E-state index contributed by atoms with van der Waals surface area (Å²) in [6, 6.07) is 5.97. The predicted molar refractivity (Wildman–Crippen MR) is 89.9 cm³/mol. The maximum absolute atomic E-state index is 11.4. The van der Waals surface area contributed by atoms with Gasteiger partial charge in [0, 0.05) is 5.54 Å². The van der Waals surface area contributed by atoms with Crippen LogP contribution in [0.3, 0.4) is 0 Å². The number of nitrogens with zero attached hydrogens (tertiary/aromatic N) is 3. The largest absolute Gasteiger partial charge is 0.465 e. The molecular weight excluding hydrogens is 328 g/mol. The zero-order chi connectivity index (χ0) is 18.6. The molecular formula is C16H18N4O5. The molecule has 0 saturated carbocycles. The molecule has 0 amide bonds. The number of rotatable bonds is 5. The Labute approximate surface area is 144 Å². The van der Waals surface area contributed by atoms with E-state index in [0.717, 1.165) is 0 Å². The lowest BCUT2D eigenvalue weighted by Crippen LogP contribution is -2.27. The van der Waals surface area contributed by atoms with Crippen molar-refractivity contribution in [2.75, 3.05) is 12.4 Å². The molecule has 0 radical (unpaired) electrons. The predicted octanol–water partition coefficient (Wildman–Crippen LogP) is 3.17. The fourth-order valence-corrected chi connectivity index (χ4v) is 1.94. The summed E-state index contributed by atoms with van der Waals surface area (Å²) in [6.07, 6.45) is 1.18. The molecule has 0 fully saturated rings. The van der Waals surface area contributed by atoms with E-state index in [2.05, 4.69) is 20.0 Å². The Morgan fingerprint density at radius 1 is 1.20 bits per heavy atom. The van der Waals surface area contributed by atoms with Crippen molar-refractivity contribution in [3.63, 3.8) is 0 Å². The maximum atomic E-state index is 11.4. The molecule has 1 heterocycles. The minimum absolute atomic E-state index is 0.0636. The molecule has 0 aliphatic rings. The van der Waals surface area contributed by atoms with Crippen molar-refractivity contribution in [3.8, 4) is 11.6 Å². The monoisotopic (exact) mass is 346 g/mol. The van der Waals surface area contributed by atoms with Crippen LogP contribution < -0.4 is 10.1 Å². The first-order valence-electron chi connectivity index (χ1n) is 7.35. The number of carbonyl (C=O) groups excluding carboxylic acids is 1. The van der Waals surface area contributed by atoms with Crippen molar-refractivity contribution in [2.24, 2.45) is 0 Å². The van der Waals surface area contributed by atoms with Crippen LogP contribution in [-0.4, -0.2) is 33.5 Å². The Balaban J connectivity index is 2.34. The van der Waals surface area contributed by atoms with Crippen molar-refractivity contribution in [2.45, 2.75) is 26.3 Å². The number of nitrogens with one attached hydrogen (secondary N) is 1. The van der Waals surface area contributed by atoms with Gasteiger partial charge in [-0.1, -0.05) is 0 Å². The molecule has 0 saturated heterocycles. The Hall–Kier alpha value is -3.23. The van der Waals surface area contributed by atoms with Gasteiger partial charge in [0.15, 0.2) is 0 Å². The summed E-state index contributed by atoms with van der Waals surface area (Å²) >= 11 is 0. The number of hydrogen-bond acceptors (Lipinski definition) is 8. The van der Waals surface area contributed by atoms with Crippen LogP contribution in [0.1, 0.15) is 31.1 Å². The summed E-state index contributed by atoms with van der Waals surface area (Å²) < 4.78 is 10.1. The molecule has 0 bridgehead atoms. The van der Waals surface area contributed by atoms with Crippen LogP contribution >= 0.6 is 0 Å². The third kappa shape index (κ3) is 4.63. The van der Waals surface area contributed by atoms with Crippen LogP contribution in [0, 0.1) is 10.1 Å². The topological polar surface area (TPSA) is 116 Å². The molecule has 0 spiro atoms. The third-order valence-corrected chi connectivity index (χ3v) is 2.95. The second-order valence-corrected chi connectivity index (χ2v) is 6.13. The van der Waals surface area contributed by atoms with E-state index in [-0.39, 0.29) is 23.1 Å². The zero-order valence-corrected chi connectivity index (χ0v) is 14.3. The van der Waals surface area contributed by atoms with Crippen LogP contribution in [0.25, 0.3) is 0 Å². The molecule has 0 aliphatic heterocycles. The van der Waals surface area contributed by atoms with E-state index in [1.807, 2.05) is 20.8 Å². The van der Waals surface area contributed by atoms with Gasteiger partial charge in [0.25, 0.3) is 0 Å². The molecule has 132 valence electrons. The number of methoxy groups -OCH3 is 1. The minimum atomic E-state index is -0.605. The average Bonchev–Trinajstić information content (AvgIpc) is 2.53. The quantitative estimate of drug-likeness (QED) is 0.498. The van der Waals surface area contributed by atoms with Gasteiger partial charge in [0.2, 0.25) is 5.82 Å². The zero-order valence-electron chi connectivity index (χ0n) is 14.3. The van der Waals surface area contributed by atoms with Gasteiger partial charge in [-0.25, -0.2) is 9.78 Å². The highest BCUT2D eigenvalue weighted by molar-refractivity contribution is 5.89. The molecule has 25 heavy (non-hydrogen) atoms. The van der Waals surface area contributed by atoms with Crippen LogP contribution in [0.5, 0.6) is 11.6 Å². The summed E-state index contributed by atoms with van der Waals surface area (Å²) in [5.74, 6) is -0.335. The Bertz CT molecular complexity index is 784. The van der Waals surface area contributed by atoms with E-state index in [9.17, 15) is 14.9 Å². The second kappa shape index (κ2) is 7.12. The van der Waals surface area contributed by atoms with Gasteiger partial charge >= 0.3 is 17.5 Å². The van der Waals surface area contributed by atoms with Crippen molar-refractivity contribution >= 4 is 17.5 Å². The minimum Gasteiger partial charge on any atom is -0.465 e. The van der Waals surface area contributed by atoms with Gasteiger partial charge in [-0.3, -0.25) is 10.1 Å². The van der Waals surface area contributed by atoms with E-state index in [1.165, 1.54) is 37.7 Å². The smallest absolute Gasteiger partial charge is 0.373 e. The Morgan fingerprint density at radius 3 is 2.36 bits per heavy atom. The first kappa shape index (κ1) is 18.1. The summed E-state index contributed by atoms with van der Waals surface area (Å²) in [4.78, 5) is 30.0. The number of hydrogen-bond donors (Lipinski definition) is 1. The third-order valence-electron chi connectivity index (χ3n) is 2.95.